The summed E-state index contributed by atoms with van der Waals surface area (Å²) in [4.78, 5) is 12.6. The predicted octanol–water partition coefficient (Wildman–Crippen LogP) is 2.79. The molecule has 0 radical (unpaired) electrons. The fourth-order valence-corrected chi connectivity index (χ4v) is 3.60. The van der Waals surface area contributed by atoms with Gasteiger partial charge in [-0.1, -0.05) is 25.7 Å². The zero-order chi connectivity index (χ0) is 14.4. The van der Waals surface area contributed by atoms with Gasteiger partial charge in [-0.15, -0.1) is 0 Å². The molecule has 0 bridgehead atoms. The Morgan fingerprint density at radius 3 is 2.35 bits per heavy atom. The van der Waals surface area contributed by atoms with Crippen molar-refractivity contribution in [3.8, 4) is 0 Å². The molecule has 2 fully saturated rings. The second kappa shape index (κ2) is 7.41. The first-order valence-corrected chi connectivity index (χ1v) is 8.14. The Bertz CT molecular complexity index is 311. The number of nitrogens with two attached hydrogens (primary N) is 1. The van der Waals surface area contributed by atoms with E-state index in [9.17, 15) is 4.79 Å². The number of rotatable bonds is 4. The number of esters is 1. The first-order chi connectivity index (χ1) is 9.70. The van der Waals surface area contributed by atoms with Crippen LogP contribution in [-0.2, 0) is 14.3 Å². The van der Waals surface area contributed by atoms with E-state index in [1.54, 1.807) is 7.11 Å². The molecule has 2 saturated carbocycles. The summed E-state index contributed by atoms with van der Waals surface area (Å²) >= 11 is 0. The number of carbonyl (C=O) groups excluding carboxylic acids is 1. The number of ether oxygens (including phenoxy) is 2. The van der Waals surface area contributed by atoms with E-state index in [1.165, 1.54) is 12.8 Å². The molecule has 20 heavy (non-hydrogen) atoms. The molecule has 0 amide bonds. The third-order valence-electron chi connectivity index (χ3n) is 5.07. The van der Waals surface area contributed by atoms with Crippen molar-refractivity contribution in [3.63, 3.8) is 0 Å². The molecule has 2 atom stereocenters. The SMILES string of the molecule is COC1CCCC(OC(=O)C2(CN)CCCCCC2)C1. The highest BCUT2D eigenvalue weighted by Crippen LogP contribution is 2.36. The van der Waals surface area contributed by atoms with E-state index in [-0.39, 0.29) is 18.2 Å². The van der Waals surface area contributed by atoms with Crippen molar-refractivity contribution in [1.82, 2.24) is 0 Å². The zero-order valence-electron chi connectivity index (χ0n) is 12.7. The molecule has 0 spiro atoms. The number of hydrogen-bond acceptors (Lipinski definition) is 4. The summed E-state index contributed by atoms with van der Waals surface area (Å²) in [7, 11) is 1.74. The standard InChI is InChI=1S/C16H29NO3/c1-19-13-7-6-8-14(11-13)20-15(18)16(12-17)9-4-2-3-5-10-16/h13-14H,2-12,17H2,1H3. The van der Waals surface area contributed by atoms with Crippen LogP contribution < -0.4 is 5.73 Å². The Kier molecular flexibility index (Phi) is 5.85. The molecule has 4 heteroatoms. The third-order valence-corrected chi connectivity index (χ3v) is 5.07. The average Bonchev–Trinajstić information content (AvgIpc) is 2.74. The van der Waals surface area contributed by atoms with Gasteiger partial charge in [0, 0.05) is 20.1 Å². The van der Waals surface area contributed by atoms with Crippen LogP contribution in [0.25, 0.3) is 0 Å². The molecular formula is C16H29NO3. The van der Waals surface area contributed by atoms with Crippen LogP contribution in [-0.4, -0.2) is 31.8 Å². The van der Waals surface area contributed by atoms with Crippen LogP contribution in [0.1, 0.15) is 64.2 Å². The fourth-order valence-electron chi connectivity index (χ4n) is 3.60. The van der Waals surface area contributed by atoms with Gasteiger partial charge in [-0.3, -0.25) is 4.79 Å². The number of carbonyl (C=O) groups is 1. The van der Waals surface area contributed by atoms with Crippen LogP contribution in [0, 0.1) is 5.41 Å². The van der Waals surface area contributed by atoms with Crippen molar-refractivity contribution in [3.05, 3.63) is 0 Å². The lowest BCUT2D eigenvalue weighted by Crippen LogP contribution is -2.42. The molecule has 0 aromatic carbocycles. The summed E-state index contributed by atoms with van der Waals surface area (Å²) in [6.07, 6.45) is 10.6. The second-order valence-electron chi connectivity index (χ2n) is 6.45. The molecule has 0 aromatic rings. The van der Waals surface area contributed by atoms with Crippen LogP contribution in [0.5, 0.6) is 0 Å². The summed E-state index contributed by atoms with van der Waals surface area (Å²) in [5.74, 6) is -0.0522. The molecule has 116 valence electrons. The lowest BCUT2D eigenvalue weighted by Gasteiger charge is -2.33. The Morgan fingerprint density at radius 1 is 1.10 bits per heavy atom. The quantitative estimate of drug-likeness (QED) is 0.636. The summed E-state index contributed by atoms with van der Waals surface area (Å²) in [6, 6.07) is 0. The maximum absolute atomic E-state index is 12.6. The van der Waals surface area contributed by atoms with Crippen molar-refractivity contribution >= 4 is 5.97 Å². The van der Waals surface area contributed by atoms with Crippen LogP contribution in [0.4, 0.5) is 0 Å². The maximum atomic E-state index is 12.6. The molecule has 2 unspecified atom stereocenters. The van der Waals surface area contributed by atoms with Gasteiger partial charge in [-0.05, 0) is 32.1 Å². The van der Waals surface area contributed by atoms with Gasteiger partial charge >= 0.3 is 5.97 Å². The molecule has 2 rings (SSSR count). The monoisotopic (exact) mass is 283 g/mol. The fraction of sp³-hybridized carbons (Fsp3) is 0.938. The van der Waals surface area contributed by atoms with Crippen LogP contribution >= 0.6 is 0 Å². The largest absolute Gasteiger partial charge is 0.462 e. The highest BCUT2D eigenvalue weighted by atomic mass is 16.5. The summed E-state index contributed by atoms with van der Waals surface area (Å²) in [5.41, 5.74) is 5.52. The Labute approximate surface area is 122 Å². The van der Waals surface area contributed by atoms with Gasteiger partial charge in [-0.25, -0.2) is 0 Å². The molecular weight excluding hydrogens is 254 g/mol. The Morgan fingerprint density at radius 2 is 1.75 bits per heavy atom. The highest BCUT2D eigenvalue weighted by Gasteiger charge is 2.40. The molecule has 0 heterocycles. The molecule has 2 aliphatic carbocycles. The van der Waals surface area contributed by atoms with Gasteiger partial charge < -0.3 is 15.2 Å². The number of methoxy groups -OCH3 is 1. The second-order valence-corrected chi connectivity index (χ2v) is 6.45. The van der Waals surface area contributed by atoms with E-state index in [2.05, 4.69) is 0 Å². The first kappa shape index (κ1) is 15.8. The van der Waals surface area contributed by atoms with Gasteiger partial charge in [0.05, 0.1) is 11.5 Å². The topological polar surface area (TPSA) is 61.5 Å². The van der Waals surface area contributed by atoms with Crippen molar-refractivity contribution < 1.29 is 14.3 Å². The lowest BCUT2D eigenvalue weighted by atomic mass is 9.80. The van der Waals surface area contributed by atoms with Gasteiger partial charge in [0.2, 0.25) is 0 Å². The maximum Gasteiger partial charge on any atom is 0.313 e. The molecule has 0 saturated heterocycles. The van der Waals surface area contributed by atoms with Gasteiger partial charge in [-0.2, -0.15) is 0 Å². The van der Waals surface area contributed by atoms with Crippen LogP contribution in [0.3, 0.4) is 0 Å². The van der Waals surface area contributed by atoms with Crippen LogP contribution in [0.15, 0.2) is 0 Å². The third kappa shape index (κ3) is 3.73. The molecule has 0 aliphatic heterocycles. The Hall–Kier alpha value is -0.610. The van der Waals surface area contributed by atoms with Crippen molar-refractivity contribution in [1.29, 1.82) is 0 Å². The van der Waals surface area contributed by atoms with E-state index in [0.29, 0.717) is 6.54 Å². The van der Waals surface area contributed by atoms with E-state index in [1.807, 2.05) is 0 Å². The summed E-state index contributed by atoms with van der Waals surface area (Å²) in [6.45, 7) is 0.423. The van der Waals surface area contributed by atoms with E-state index in [0.717, 1.165) is 51.4 Å². The zero-order valence-corrected chi connectivity index (χ0v) is 12.7. The summed E-state index contributed by atoms with van der Waals surface area (Å²) < 4.78 is 11.2. The molecule has 0 aromatic heterocycles. The minimum Gasteiger partial charge on any atom is -0.462 e. The number of hydrogen-bond donors (Lipinski definition) is 1. The smallest absolute Gasteiger partial charge is 0.313 e. The average molecular weight is 283 g/mol. The minimum atomic E-state index is -0.420. The molecule has 2 N–H and O–H groups in total. The van der Waals surface area contributed by atoms with E-state index >= 15 is 0 Å². The molecule has 4 nitrogen and oxygen atoms in total. The lowest BCUT2D eigenvalue weighted by molar-refractivity contribution is -0.165. The first-order valence-electron chi connectivity index (χ1n) is 8.14. The molecule has 2 aliphatic rings. The van der Waals surface area contributed by atoms with Crippen molar-refractivity contribution in [2.45, 2.75) is 76.4 Å². The van der Waals surface area contributed by atoms with Gasteiger partial charge in [0.15, 0.2) is 0 Å². The summed E-state index contributed by atoms with van der Waals surface area (Å²) in [5, 5.41) is 0. The highest BCUT2D eigenvalue weighted by molar-refractivity contribution is 5.77. The van der Waals surface area contributed by atoms with E-state index < -0.39 is 5.41 Å². The van der Waals surface area contributed by atoms with E-state index in [4.69, 9.17) is 15.2 Å². The predicted molar refractivity (Wildman–Crippen MR) is 78.3 cm³/mol. The Balaban J connectivity index is 1.94. The van der Waals surface area contributed by atoms with Crippen LogP contribution in [0.2, 0.25) is 0 Å². The van der Waals surface area contributed by atoms with Gasteiger partial charge in [0.1, 0.15) is 6.10 Å². The van der Waals surface area contributed by atoms with Gasteiger partial charge in [0.25, 0.3) is 0 Å². The normalized spacial score (nSPS) is 30.5. The van der Waals surface area contributed by atoms with Crippen molar-refractivity contribution in [2.75, 3.05) is 13.7 Å². The minimum absolute atomic E-state index is 0.0212. The van der Waals surface area contributed by atoms with Crippen molar-refractivity contribution in [2.24, 2.45) is 11.1 Å².